The maximum atomic E-state index is 5.81. The Balaban J connectivity index is 2.99. The highest BCUT2D eigenvalue weighted by Crippen LogP contribution is 2.32. The zero-order valence-corrected chi connectivity index (χ0v) is 8.99. The smallest absolute Gasteiger partial charge is 0.122 e. The summed E-state index contributed by atoms with van der Waals surface area (Å²) in [7, 11) is 0. The van der Waals surface area contributed by atoms with E-state index >= 15 is 0 Å². The summed E-state index contributed by atoms with van der Waals surface area (Å²) in [6, 6.07) is 3.31. The molecule has 1 rings (SSSR count). The lowest BCUT2D eigenvalue weighted by Gasteiger charge is -2.11. The molecule has 0 aliphatic carbocycles. The molecule has 0 spiro atoms. The molecular weight excluding hydrogens is 209 g/mol. The number of benzene rings is 1. The molecule has 2 nitrogen and oxygen atoms in total. The second-order valence-corrected chi connectivity index (χ2v) is 3.78. The highest BCUT2D eigenvalue weighted by molar-refractivity contribution is 6.39. The van der Waals surface area contributed by atoms with Crippen molar-refractivity contribution in [1.29, 1.82) is 0 Å². The Hall–Kier alpha value is -0.600. The molecular formula is C9H11Cl2NO. The van der Waals surface area contributed by atoms with Crippen molar-refractivity contribution >= 4 is 28.9 Å². The van der Waals surface area contributed by atoms with Crippen molar-refractivity contribution in [2.45, 2.75) is 20.0 Å². The Morgan fingerprint density at radius 2 is 1.69 bits per heavy atom. The minimum absolute atomic E-state index is 0.0933. The summed E-state index contributed by atoms with van der Waals surface area (Å²) < 4.78 is 5.41. The third-order valence-electron chi connectivity index (χ3n) is 1.42. The van der Waals surface area contributed by atoms with Crippen molar-refractivity contribution in [2.24, 2.45) is 0 Å². The first-order valence-electron chi connectivity index (χ1n) is 3.92. The quantitative estimate of drug-likeness (QED) is 0.775. The van der Waals surface area contributed by atoms with Crippen LogP contribution in [0.1, 0.15) is 13.8 Å². The second kappa shape index (κ2) is 4.07. The van der Waals surface area contributed by atoms with Gasteiger partial charge < -0.3 is 10.5 Å². The molecule has 0 unspecified atom stereocenters. The molecule has 0 atom stereocenters. The fraction of sp³-hybridized carbons (Fsp3) is 0.333. The average Bonchev–Trinajstić information content (AvgIpc) is 1.98. The van der Waals surface area contributed by atoms with Gasteiger partial charge in [-0.15, -0.1) is 0 Å². The van der Waals surface area contributed by atoms with E-state index in [-0.39, 0.29) is 6.10 Å². The molecule has 0 fully saturated rings. The number of rotatable bonds is 2. The van der Waals surface area contributed by atoms with Gasteiger partial charge in [-0.3, -0.25) is 0 Å². The van der Waals surface area contributed by atoms with Crippen LogP contribution in [0.5, 0.6) is 5.75 Å². The summed E-state index contributed by atoms with van der Waals surface area (Å²) in [4.78, 5) is 0. The van der Waals surface area contributed by atoms with Crippen LogP contribution in [0.15, 0.2) is 12.1 Å². The van der Waals surface area contributed by atoms with Gasteiger partial charge in [0.2, 0.25) is 0 Å². The maximum absolute atomic E-state index is 5.81. The van der Waals surface area contributed by atoms with Crippen molar-refractivity contribution in [1.82, 2.24) is 0 Å². The summed E-state index contributed by atoms with van der Waals surface area (Å²) in [5.41, 5.74) is 5.95. The molecule has 0 aromatic heterocycles. The molecule has 4 heteroatoms. The molecule has 0 saturated heterocycles. The summed E-state index contributed by atoms with van der Waals surface area (Å²) in [5.74, 6) is 0.638. The van der Waals surface area contributed by atoms with E-state index in [4.69, 9.17) is 33.7 Å². The fourth-order valence-electron chi connectivity index (χ4n) is 0.901. The van der Waals surface area contributed by atoms with Gasteiger partial charge in [-0.05, 0) is 13.8 Å². The molecule has 0 heterocycles. The Labute approximate surface area is 87.6 Å². The highest BCUT2D eigenvalue weighted by Gasteiger charge is 2.06. The van der Waals surface area contributed by atoms with Crippen LogP contribution in [-0.2, 0) is 0 Å². The molecule has 0 bridgehead atoms. The molecule has 0 saturated carbocycles. The number of nitrogens with two attached hydrogens (primary N) is 1. The Morgan fingerprint density at radius 3 is 2.08 bits per heavy atom. The van der Waals surface area contributed by atoms with E-state index in [1.165, 1.54) is 0 Å². The van der Waals surface area contributed by atoms with E-state index in [0.717, 1.165) is 0 Å². The first-order valence-corrected chi connectivity index (χ1v) is 4.67. The maximum Gasteiger partial charge on any atom is 0.122 e. The normalized spacial score (nSPS) is 10.5. The van der Waals surface area contributed by atoms with E-state index in [0.29, 0.717) is 21.5 Å². The standard InChI is InChI=1S/C9H11Cl2NO/c1-5(2)13-6-3-7(10)9(12)8(11)4-6/h3-5H,12H2,1-2H3. The lowest BCUT2D eigenvalue weighted by Crippen LogP contribution is -2.05. The van der Waals surface area contributed by atoms with Crippen LogP contribution in [0.3, 0.4) is 0 Å². The van der Waals surface area contributed by atoms with Gasteiger partial charge >= 0.3 is 0 Å². The Kier molecular flexibility index (Phi) is 3.28. The number of hydrogen-bond donors (Lipinski definition) is 1. The van der Waals surface area contributed by atoms with Crippen LogP contribution in [0, 0.1) is 0 Å². The van der Waals surface area contributed by atoms with Crippen LogP contribution in [0.25, 0.3) is 0 Å². The van der Waals surface area contributed by atoms with Gasteiger partial charge in [0.15, 0.2) is 0 Å². The highest BCUT2D eigenvalue weighted by atomic mass is 35.5. The van der Waals surface area contributed by atoms with Crippen molar-refractivity contribution in [3.63, 3.8) is 0 Å². The predicted molar refractivity (Wildman–Crippen MR) is 56.6 cm³/mol. The van der Waals surface area contributed by atoms with Crippen LogP contribution in [-0.4, -0.2) is 6.10 Å². The third kappa shape index (κ3) is 2.68. The van der Waals surface area contributed by atoms with Crippen molar-refractivity contribution < 1.29 is 4.74 Å². The van der Waals surface area contributed by atoms with Crippen LogP contribution in [0.4, 0.5) is 5.69 Å². The van der Waals surface area contributed by atoms with E-state index in [1.54, 1.807) is 12.1 Å². The number of nitrogen functional groups attached to an aromatic ring is 1. The van der Waals surface area contributed by atoms with Crippen molar-refractivity contribution in [3.05, 3.63) is 22.2 Å². The van der Waals surface area contributed by atoms with Gasteiger partial charge in [0.1, 0.15) is 5.75 Å². The van der Waals surface area contributed by atoms with Crippen molar-refractivity contribution in [2.75, 3.05) is 5.73 Å². The first kappa shape index (κ1) is 10.5. The number of hydrogen-bond acceptors (Lipinski definition) is 2. The van der Waals surface area contributed by atoms with Gasteiger partial charge in [-0.2, -0.15) is 0 Å². The van der Waals surface area contributed by atoms with Gasteiger partial charge in [0, 0.05) is 12.1 Å². The average molecular weight is 220 g/mol. The Bertz CT molecular complexity index is 289. The first-order chi connectivity index (χ1) is 6.00. The minimum atomic E-state index is 0.0933. The van der Waals surface area contributed by atoms with Gasteiger partial charge in [-0.25, -0.2) is 0 Å². The van der Waals surface area contributed by atoms with Gasteiger partial charge in [0.25, 0.3) is 0 Å². The molecule has 0 aliphatic heterocycles. The number of anilines is 1. The molecule has 13 heavy (non-hydrogen) atoms. The molecule has 0 amide bonds. The third-order valence-corrected chi connectivity index (χ3v) is 2.05. The topological polar surface area (TPSA) is 35.2 Å². The summed E-state index contributed by atoms with van der Waals surface area (Å²) >= 11 is 11.6. The zero-order chi connectivity index (χ0) is 10.0. The summed E-state index contributed by atoms with van der Waals surface area (Å²) in [6.07, 6.45) is 0.0933. The fourth-order valence-corrected chi connectivity index (χ4v) is 1.37. The SMILES string of the molecule is CC(C)Oc1cc(Cl)c(N)c(Cl)c1. The Morgan fingerprint density at radius 1 is 1.23 bits per heavy atom. The summed E-state index contributed by atoms with van der Waals surface area (Å²) in [6.45, 7) is 3.86. The number of halogens is 2. The lowest BCUT2D eigenvalue weighted by molar-refractivity contribution is 0.242. The molecule has 1 aromatic rings. The molecule has 0 radical (unpaired) electrons. The molecule has 72 valence electrons. The predicted octanol–water partition coefficient (Wildman–Crippen LogP) is 3.36. The second-order valence-electron chi connectivity index (χ2n) is 2.97. The zero-order valence-electron chi connectivity index (χ0n) is 7.47. The van der Waals surface area contributed by atoms with Crippen LogP contribution < -0.4 is 10.5 Å². The molecule has 2 N–H and O–H groups in total. The lowest BCUT2D eigenvalue weighted by atomic mass is 10.3. The monoisotopic (exact) mass is 219 g/mol. The van der Waals surface area contributed by atoms with Crippen LogP contribution >= 0.6 is 23.2 Å². The summed E-state index contributed by atoms with van der Waals surface area (Å²) in [5, 5.41) is 0.839. The van der Waals surface area contributed by atoms with Gasteiger partial charge in [0.05, 0.1) is 21.8 Å². The largest absolute Gasteiger partial charge is 0.491 e. The van der Waals surface area contributed by atoms with Gasteiger partial charge in [-0.1, -0.05) is 23.2 Å². The van der Waals surface area contributed by atoms with E-state index in [2.05, 4.69) is 0 Å². The van der Waals surface area contributed by atoms with Crippen molar-refractivity contribution in [3.8, 4) is 5.75 Å². The molecule has 0 aliphatic rings. The number of ether oxygens (including phenoxy) is 1. The molecule has 1 aromatic carbocycles. The van der Waals surface area contributed by atoms with E-state index in [9.17, 15) is 0 Å². The van der Waals surface area contributed by atoms with E-state index < -0.39 is 0 Å². The van der Waals surface area contributed by atoms with E-state index in [1.807, 2.05) is 13.8 Å². The minimum Gasteiger partial charge on any atom is -0.491 e. The van der Waals surface area contributed by atoms with Crippen LogP contribution in [0.2, 0.25) is 10.0 Å².